The summed E-state index contributed by atoms with van der Waals surface area (Å²) >= 11 is 1.88. The van der Waals surface area contributed by atoms with E-state index in [1.165, 1.54) is 63.5 Å². The fraction of sp³-hybridized carbons (Fsp3) is 0.786. The molecule has 0 N–H and O–H groups in total. The largest absolute Gasteiger partial charge is 0.212 e. The maximum atomic E-state index is 4.89. The summed E-state index contributed by atoms with van der Waals surface area (Å²) in [5.41, 5.74) is 1.38. The Morgan fingerprint density at radius 2 is 1.79 bits per heavy atom. The molecule has 2 saturated carbocycles. The quantitative estimate of drug-likeness (QED) is 0.787. The zero-order valence-corrected chi connectivity index (χ0v) is 12.0. The summed E-state index contributed by atoms with van der Waals surface area (Å²) in [6, 6.07) is 0. The molecule has 0 radical (unpaired) electrons. The second-order valence-corrected chi connectivity index (χ2v) is 7.10. The molecule has 2 heterocycles. The van der Waals surface area contributed by atoms with Gasteiger partial charge in [-0.1, -0.05) is 37.4 Å². The average Bonchev–Trinajstić information content (AvgIpc) is 2.88. The Morgan fingerprint density at radius 3 is 2.68 bits per heavy atom. The molecule has 1 aromatic rings. The van der Waals surface area contributed by atoms with Gasteiger partial charge in [-0.2, -0.15) is 9.78 Å². The molecule has 2 fully saturated rings. The Balaban J connectivity index is 1.67. The predicted octanol–water partition coefficient (Wildman–Crippen LogP) is 3.58. The Hall–Kier alpha value is -0.840. The first-order valence-corrected chi connectivity index (χ1v) is 8.49. The number of rotatable bonds is 1. The lowest BCUT2D eigenvalue weighted by Crippen LogP contribution is -2.27. The van der Waals surface area contributed by atoms with Crippen molar-refractivity contribution in [2.45, 2.75) is 74.1 Å². The van der Waals surface area contributed by atoms with Crippen LogP contribution in [0.4, 0.5) is 0 Å². The number of thioether (sulfide) groups is 1. The van der Waals surface area contributed by atoms with E-state index in [9.17, 15) is 0 Å². The Morgan fingerprint density at radius 1 is 0.947 bits per heavy atom. The van der Waals surface area contributed by atoms with E-state index < -0.39 is 0 Å². The van der Waals surface area contributed by atoms with Crippen LogP contribution in [0.25, 0.3) is 0 Å². The molecule has 1 atom stereocenters. The third-order valence-electron chi connectivity index (χ3n) is 4.60. The van der Waals surface area contributed by atoms with E-state index in [0.717, 1.165) is 11.0 Å². The molecule has 4 rings (SSSR count). The highest BCUT2D eigenvalue weighted by Gasteiger charge is 2.31. The first kappa shape index (κ1) is 11.9. The van der Waals surface area contributed by atoms with Crippen molar-refractivity contribution in [3.8, 4) is 0 Å². The standard InChI is InChI=1S/C14H20N4S/c1-2-6-10(7-3-1)13-15-16-14-18(13)17-11-8-4-5-9-12(11)19-14/h10,12H,1-9H2/t12-/m0/s1. The second-order valence-electron chi connectivity index (χ2n) is 5.93. The maximum absolute atomic E-state index is 4.89. The minimum absolute atomic E-state index is 0.574. The molecule has 102 valence electrons. The highest BCUT2D eigenvalue weighted by molar-refractivity contribution is 8.00. The third kappa shape index (κ3) is 2.12. The van der Waals surface area contributed by atoms with Crippen LogP contribution in [0, 0.1) is 0 Å². The zero-order valence-electron chi connectivity index (χ0n) is 11.2. The van der Waals surface area contributed by atoms with Gasteiger partial charge in [0.15, 0.2) is 5.82 Å². The summed E-state index contributed by atoms with van der Waals surface area (Å²) < 4.78 is 2.07. The van der Waals surface area contributed by atoms with E-state index in [4.69, 9.17) is 5.10 Å². The number of aromatic nitrogens is 3. The fourth-order valence-corrected chi connectivity index (χ4v) is 4.68. The minimum atomic E-state index is 0.574. The summed E-state index contributed by atoms with van der Waals surface area (Å²) in [6.07, 6.45) is 11.6. The van der Waals surface area contributed by atoms with E-state index >= 15 is 0 Å². The Bertz CT molecular complexity index is 502. The molecule has 4 nitrogen and oxygen atoms in total. The van der Waals surface area contributed by atoms with Crippen LogP contribution in [-0.4, -0.2) is 25.8 Å². The third-order valence-corrected chi connectivity index (χ3v) is 5.86. The van der Waals surface area contributed by atoms with Gasteiger partial charge in [-0.05, 0) is 32.1 Å². The van der Waals surface area contributed by atoms with E-state index in [2.05, 4.69) is 14.9 Å². The maximum Gasteiger partial charge on any atom is 0.212 e. The topological polar surface area (TPSA) is 43.1 Å². The summed E-state index contributed by atoms with van der Waals surface area (Å²) in [4.78, 5) is 0. The van der Waals surface area contributed by atoms with Crippen LogP contribution in [0.1, 0.15) is 69.5 Å². The van der Waals surface area contributed by atoms with Gasteiger partial charge in [0.25, 0.3) is 0 Å². The van der Waals surface area contributed by atoms with Gasteiger partial charge < -0.3 is 0 Å². The SMILES string of the molecule is C1CCC(c2nnc3n2N=C2CCCC[C@@H]2S3)CC1. The van der Waals surface area contributed by atoms with Crippen LogP contribution in [0.3, 0.4) is 0 Å². The van der Waals surface area contributed by atoms with Crippen molar-refractivity contribution in [1.29, 1.82) is 0 Å². The van der Waals surface area contributed by atoms with Gasteiger partial charge in [-0.3, -0.25) is 0 Å². The van der Waals surface area contributed by atoms with Crippen molar-refractivity contribution in [1.82, 2.24) is 14.9 Å². The summed E-state index contributed by atoms with van der Waals surface area (Å²) in [7, 11) is 0. The average molecular weight is 276 g/mol. The van der Waals surface area contributed by atoms with Crippen molar-refractivity contribution in [2.24, 2.45) is 5.10 Å². The van der Waals surface area contributed by atoms with Crippen molar-refractivity contribution in [2.75, 3.05) is 0 Å². The fourth-order valence-electron chi connectivity index (χ4n) is 3.52. The molecular weight excluding hydrogens is 256 g/mol. The first-order chi connectivity index (χ1) is 9.42. The van der Waals surface area contributed by atoms with Gasteiger partial charge >= 0.3 is 0 Å². The van der Waals surface area contributed by atoms with Crippen molar-refractivity contribution >= 4 is 17.5 Å². The Kier molecular flexibility index (Phi) is 3.10. The van der Waals surface area contributed by atoms with Crippen LogP contribution in [0.5, 0.6) is 0 Å². The highest BCUT2D eigenvalue weighted by Crippen LogP contribution is 2.38. The van der Waals surface area contributed by atoms with Gasteiger partial charge in [-0.25, -0.2) is 0 Å². The highest BCUT2D eigenvalue weighted by atomic mass is 32.2. The molecular formula is C14H20N4S. The molecule has 0 unspecified atom stereocenters. The Labute approximate surface area is 118 Å². The molecule has 0 aromatic carbocycles. The minimum Gasteiger partial charge on any atom is -0.191 e. The summed E-state index contributed by atoms with van der Waals surface area (Å²) in [5, 5.41) is 15.3. The zero-order chi connectivity index (χ0) is 12.7. The van der Waals surface area contributed by atoms with Crippen molar-refractivity contribution < 1.29 is 0 Å². The lowest BCUT2D eigenvalue weighted by Gasteiger charge is -2.27. The molecule has 19 heavy (non-hydrogen) atoms. The number of fused-ring (bicyclic) bond motifs is 2. The van der Waals surface area contributed by atoms with E-state index in [1.807, 2.05) is 11.8 Å². The van der Waals surface area contributed by atoms with E-state index in [1.54, 1.807) is 0 Å². The first-order valence-electron chi connectivity index (χ1n) is 7.61. The molecule has 2 aliphatic carbocycles. The summed E-state index contributed by atoms with van der Waals surface area (Å²) in [6.45, 7) is 0. The van der Waals surface area contributed by atoms with Gasteiger partial charge in [0.2, 0.25) is 5.16 Å². The second kappa shape index (κ2) is 4.93. The van der Waals surface area contributed by atoms with Crippen LogP contribution in [0.15, 0.2) is 10.3 Å². The lowest BCUT2D eigenvalue weighted by molar-refractivity contribution is 0.416. The summed E-state index contributed by atoms with van der Waals surface area (Å²) in [5.74, 6) is 1.71. The van der Waals surface area contributed by atoms with Crippen LogP contribution >= 0.6 is 11.8 Å². The molecule has 5 heteroatoms. The molecule has 3 aliphatic rings. The van der Waals surface area contributed by atoms with Gasteiger partial charge in [-0.15, -0.1) is 10.2 Å². The van der Waals surface area contributed by atoms with Crippen molar-refractivity contribution in [3.63, 3.8) is 0 Å². The normalized spacial score (nSPS) is 27.6. The van der Waals surface area contributed by atoms with Crippen LogP contribution < -0.4 is 0 Å². The smallest absolute Gasteiger partial charge is 0.191 e. The molecule has 0 saturated heterocycles. The number of hydrogen-bond donors (Lipinski definition) is 0. The monoisotopic (exact) mass is 276 g/mol. The predicted molar refractivity (Wildman–Crippen MR) is 76.8 cm³/mol. The number of hydrogen-bond acceptors (Lipinski definition) is 4. The van der Waals surface area contributed by atoms with Gasteiger partial charge in [0, 0.05) is 5.92 Å². The molecule has 0 amide bonds. The van der Waals surface area contributed by atoms with Gasteiger partial charge in [0.05, 0.1) is 11.0 Å². The van der Waals surface area contributed by atoms with Crippen LogP contribution in [0.2, 0.25) is 0 Å². The van der Waals surface area contributed by atoms with Crippen LogP contribution in [-0.2, 0) is 0 Å². The number of nitrogens with zero attached hydrogens (tertiary/aromatic N) is 4. The molecule has 1 aliphatic heterocycles. The van der Waals surface area contributed by atoms with E-state index in [0.29, 0.717) is 11.2 Å². The molecule has 0 spiro atoms. The van der Waals surface area contributed by atoms with Gasteiger partial charge in [0.1, 0.15) is 0 Å². The molecule has 0 bridgehead atoms. The van der Waals surface area contributed by atoms with E-state index in [-0.39, 0.29) is 0 Å². The lowest BCUT2D eigenvalue weighted by atomic mass is 9.89. The molecule has 1 aromatic heterocycles. The van der Waals surface area contributed by atoms with Crippen molar-refractivity contribution in [3.05, 3.63) is 5.82 Å².